The average molecular weight is 459 g/mol. The number of amides is 2. The van der Waals surface area contributed by atoms with Gasteiger partial charge in [-0.1, -0.05) is 19.1 Å². The summed E-state index contributed by atoms with van der Waals surface area (Å²) in [4.78, 5) is 37.6. The molecule has 0 bridgehead atoms. The number of benzene rings is 2. The lowest BCUT2D eigenvalue weighted by Gasteiger charge is -2.28. The first-order chi connectivity index (χ1) is 15.8. The zero-order valence-corrected chi connectivity index (χ0v) is 19.2. The molecule has 2 rings (SSSR count). The van der Waals surface area contributed by atoms with Crippen molar-refractivity contribution in [1.29, 1.82) is 0 Å². The lowest BCUT2D eigenvalue weighted by atomic mass is 10.1. The van der Waals surface area contributed by atoms with E-state index in [-0.39, 0.29) is 36.2 Å². The zero-order chi connectivity index (χ0) is 24.4. The molecule has 0 radical (unpaired) electrons. The van der Waals surface area contributed by atoms with Crippen molar-refractivity contribution in [3.05, 3.63) is 58.1 Å². The topological polar surface area (TPSA) is 120 Å². The average Bonchev–Trinajstić information content (AvgIpc) is 2.83. The molecule has 2 amide bonds. The molecule has 2 aromatic carbocycles. The maximum absolute atomic E-state index is 13.1. The fourth-order valence-electron chi connectivity index (χ4n) is 3.07. The van der Waals surface area contributed by atoms with Gasteiger partial charge >= 0.3 is 5.69 Å². The summed E-state index contributed by atoms with van der Waals surface area (Å²) in [6, 6.07) is 10.4. The summed E-state index contributed by atoms with van der Waals surface area (Å²) < 4.78 is 15.8. The Morgan fingerprint density at radius 2 is 1.88 bits per heavy atom. The normalized spacial score (nSPS) is 11.3. The van der Waals surface area contributed by atoms with Gasteiger partial charge in [-0.05, 0) is 37.1 Å². The monoisotopic (exact) mass is 459 g/mol. The second-order valence-electron chi connectivity index (χ2n) is 7.22. The lowest BCUT2D eigenvalue weighted by Crippen LogP contribution is -2.49. The minimum atomic E-state index is -0.745. The van der Waals surface area contributed by atoms with Crippen LogP contribution in [0.25, 0.3) is 0 Å². The smallest absolute Gasteiger partial charge is 0.311 e. The number of carbonyl (C=O) groups excluding carboxylic acids is 2. The molecule has 2 aromatic rings. The summed E-state index contributed by atoms with van der Waals surface area (Å²) in [6.07, 6.45) is 0.771. The number of nitro groups is 1. The van der Waals surface area contributed by atoms with Gasteiger partial charge in [0.25, 0.3) is 5.91 Å². The number of hydrogen-bond donors (Lipinski definition) is 1. The first-order valence-electron chi connectivity index (χ1n) is 10.5. The third kappa shape index (κ3) is 7.09. The number of methoxy groups -OCH3 is 2. The highest BCUT2D eigenvalue weighted by molar-refractivity contribution is 5.88. The van der Waals surface area contributed by atoms with Crippen molar-refractivity contribution in [3.63, 3.8) is 0 Å². The molecule has 0 saturated heterocycles. The van der Waals surface area contributed by atoms with E-state index in [1.807, 2.05) is 13.0 Å². The molecule has 0 aliphatic heterocycles. The quantitative estimate of drug-likeness (QED) is 0.383. The molecular weight excluding hydrogens is 430 g/mol. The van der Waals surface area contributed by atoms with E-state index in [9.17, 15) is 19.7 Å². The second-order valence-corrected chi connectivity index (χ2v) is 7.22. The summed E-state index contributed by atoms with van der Waals surface area (Å²) >= 11 is 0. The fraction of sp³-hybridized carbons (Fsp3) is 0.391. The van der Waals surface area contributed by atoms with E-state index < -0.39 is 16.9 Å². The molecule has 178 valence electrons. The Hall–Kier alpha value is -3.82. The molecule has 10 nitrogen and oxygen atoms in total. The van der Waals surface area contributed by atoms with Crippen LogP contribution in [0.1, 0.15) is 25.8 Å². The van der Waals surface area contributed by atoms with Crippen molar-refractivity contribution in [2.45, 2.75) is 32.9 Å². The number of hydrogen-bond acceptors (Lipinski definition) is 7. The van der Waals surface area contributed by atoms with Crippen molar-refractivity contribution in [2.75, 3.05) is 27.4 Å². The third-order valence-electron chi connectivity index (χ3n) is 4.91. The maximum atomic E-state index is 13.1. The second kappa shape index (κ2) is 12.3. The largest absolute Gasteiger partial charge is 0.497 e. The lowest BCUT2D eigenvalue weighted by molar-refractivity contribution is -0.385. The molecule has 0 aliphatic carbocycles. The van der Waals surface area contributed by atoms with Crippen molar-refractivity contribution in [1.82, 2.24) is 10.2 Å². The van der Waals surface area contributed by atoms with Crippen LogP contribution in [0.2, 0.25) is 0 Å². The summed E-state index contributed by atoms with van der Waals surface area (Å²) in [6.45, 7) is 3.90. The highest BCUT2D eigenvalue weighted by Gasteiger charge is 2.26. The Kier molecular flexibility index (Phi) is 9.46. The predicted octanol–water partition coefficient (Wildman–Crippen LogP) is 2.93. The van der Waals surface area contributed by atoms with E-state index in [0.717, 1.165) is 12.0 Å². The predicted molar refractivity (Wildman–Crippen MR) is 121 cm³/mol. The number of nitro benzene ring substituents is 1. The van der Waals surface area contributed by atoms with Crippen LogP contribution in [0.5, 0.6) is 17.2 Å². The van der Waals surface area contributed by atoms with Gasteiger partial charge in [-0.2, -0.15) is 0 Å². The van der Waals surface area contributed by atoms with Gasteiger partial charge in [0.2, 0.25) is 11.7 Å². The molecule has 33 heavy (non-hydrogen) atoms. The van der Waals surface area contributed by atoms with Crippen LogP contribution < -0.4 is 19.5 Å². The maximum Gasteiger partial charge on any atom is 0.311 e. The van der Waals surface area contributed by atoms with E-state index in [1.165, 1.54) is 30.2 Å². The summed E-state index contributed by atoms with van der Waals surface area (Å²) in [5, 5.41) is 13.9. The number of nitrogens with one attached hydrogen (secondary N) is 1. The number of ether oxygens (including phenoxy) is 3. The van der Waals surface area contributed by atoms with E-state index in [1.54, 1.807) is 32.2 Å². The number of carbonyl (C=O) groups is 2. The number of rotatable bonds is 12. The molecule has 1 atom stereocenters. The zero-order valence-electron chi connectivity index (χ0n) is 19.2. The van der Waals surface area contributed by atoms with E-state index >= 15 is 0 Å². The van der Waals surface area contributed by atoms with Crippen molar-refractivity contribution in [3.8, 4) is 17.2 Å². The van der Waals surface area contributed by atoms with Crippen LogP contribution >= 0.6 is 0 Å². The molecular formula is C23H29N3O7. The van der Waals surface area contributed by atoms with Crippen LogP contribution in [0.4, 0.5) is 5.69 Å². The van der Waals surface area contributed by atoms with Crippen LogP contribution in [-0.4, -0.2) is 55.1 Å². The van der Waals surface area contributed by atoms with Crippen LogP contribution in [0, 0.1) is 10.1 Å². The standard InChI is InChI=1S/C23H29N3O7/c1-5-11-24-23(28)16(2)25(14-17-7-6-8-18(12-17)31-3)22(27)15-33-19-9-10-20(26(29)30)21(13-19)32-4/h6-10,12-13,16H,5,11,14-15H2,1-4H3,(H,24,28). The van der Waals surface area contributed by atoms with Crippen LogP contribution in [0.15, 0.2) is 42.5 Å². The Labute approximate surface area is 192 Å². The first-order valence-corrected chi connectivity index (χ1v) is 10.5. The Morgan fingerprint density at radius 1 is 1.12 bits per heavy atom. The van der Waals surface area contributed by atoms with Crippen LogP contribution in [-0.2, 0) is 16.1 Å². The molecule has 1 N–H and O–H groups in total. The Morgan fingerprint density at radius 3 is 2.52 bits per heavy atom. The highest BCUT2D eigenvalue weighted by atomic mass is 16.6. The first kappa shape index (κ1) is 25.4. The number of nitrogens with zero attached hydrogens (tertiary/aromatic N) is 2. The van der Waals surface area contributed by atoms with Crippen molar-refractivity contribution < 1.29 is 28.7 Å². The molecule has 0 fully saturated rings. The van der Waals surface area contributed by atoms with E-state index in [0.29, 0.717) is 12.3 Å². The van der Waals surface area contributed by atoms with Gasteiger partial charge in [0.15, 0.2) is 6.61 Å². The van der Waals surface area contributed by atoms with Gasteiger partial charge in [0.05, 0.1) is 19.1 Å². The molecule has 0 aliphatic rings. The van der Waals surface area contributed by atoms with Crippen LogP contribution in [0.3, 0.4) is 0 Å². The van der Waals surface area contributed by atoms with Gasteiger partial charge in [0.1, 0.15) is 17.5 Å². The molecule has 10 heteroatoms. The summed E-state index contributed by atoms with van der Waals surface area (Å²) in [5.74, 6) is 0.192. The molecule has 0 spiro atoms. The minimum Gasteiger partial charge on any atom is -0.497 e. The molecule has 0 heterocycles. The molecule has 0 saturated carbocycles. The Balaban J connectivity index is 2.19. The molecule has 1 unspecified atom stereocenters. The van der Waals surface area contributed by atoms with Gasteiger partial charge < -0.3 is 24.4 Å². The fourth-order valence-corrected chi connectivity index (χ4v) is 3.07. The van der Waals surface area contributed by atoms with E-state index in [4.69, 9.17) is 14.2 Å². The Bertz CT molecular complexity index is 980. The van der Waals surface area contributed by atoms with Gasteiger partial charge in [-0.15, -0.1) is 0 Å². The van der Waals surface area contributed by atoms with Crippen molar-refractivity contribution >= 4 is 17.5 Å². The summed E-state index contributed by atoms with van der Waals surface area (Å²) in [7, 11) is 2.86. The SMILES string of the molecule is CCCNC(=O)C(C)N(Cc1cccc(OC)c1)C(=O)COc1ccc([N+](=O)[O-])c(OC)c1. The highest BCUT2D eigenvalue weighted by Crippen LogP contribution is 2.30. The van der Waals surface area contributed by atoms with E-state index in [2.05, 4.69) is 5.32 Å². The van der Waals surface area contributed by atoms with Gasteiger partial charge in [-0.25, -0.2) is 0 Å². The summed E-state index contributed by atoms with van der Waals surface area (Å²) in [5.41, 5.74) is 0.576. The van der Waals surface area contributed by atoms with Gasteiger partial charge in [-0.3, -0.25) is 19.7 Å². The van der Waals surface area contributed by atoms with Gasteiger partial charge in [0, 0.05) is 25.2 Å². The third-order valence-corrected chi connectivity index (χ3v) is 4.91. The minimum absolute atomic E-state index is 0.0190. The van der Waals surface area contributed by atoms with Crippen molar-refractivity contribution in [2.24, 2.45) is 0 Å². The molecule has 0 aromatic heterocycles.